The third-order valence-corrected chi connectivity index (χ3v) is 6.83. The average Bonchev–Trinajstić information content (AvgIpc) is 2.96. The summed E-state index contributed by atoms with van der Waals surface area (Å²) in [6.45, 7) is 1.84. The monoisotopic (exact) mass is 490 g/mol. The minimum Gasteiger partial charge on any atom is -0.497 e. The molecular weight excluding hydrogens is 460 g/mol. The molecule has 1 aliphatic rings. The maximum Gasteiger partial charge on any atom is 0.258 e. The minimum absolute atomic E-state index is 0.112. The second-order valence-electron chi connectivity index (χ2n) is 9.29. The largest absolute Gasteiger partial charge is 0.497 e. The van der Waals surface area contributed by atoms with Crippen LogP contribution in [0.2, 0.25) is 0 Å². The van der Waals surface area contributed by atoms with Crippen LogP contribution >= 0.6 is 0 Å². The normalized spacial score (nSPS) is 12.5. The molecule has 2 amide bonds. The summed E-state index contributed by atoms with van der Waals surface area (Å²) in [5.74, 6) is 0.647. The highest BCUT2D eigenvalue weighted by Crippen LogP contribution is 2.24. The number of nitrogens with zero attached hydrogens (tertiary/aromatic N) is 2. The standard InChI is InChI=1S/C32H30N2O3/c1-37-30-13-7-12-27(21-30)32(36)34(22-25-8-3-2-4-9-25)29-16-14-24(15-17-29)20-31(35)33-19-18-26-10-5-6-11-28(26)23-33/h2-17,21H,18-20,22-23H2,1H3. The van der Waals surface area contributed by atoms with Crippen LogP contribution in [-0.2, 0) is 30.7 Å². The lowest BCUT2D eigenvalue weighted by Crippen LogP contribution is -2.36. The molecule has 186 valence electrons. The van der Waals surface area contributed by atoms with Crippen molar-refractivity contribution >= 4 is 17.5 Å². The second-order valence-corrected chi connectivity index (χ2v) is 9.29. The van der Waals surface area contributed by atoms with Gasteiger partial charge in [-0.2, -0.15) is 0 Å². The van der Waals surface area contributed by atoms with Crippen molar-refractivity contribution in [1.29, 1.82) is 0 Å². The molecule has 0 unspecified atom stereocenters. The molecule has 0 atom stereocenters. The van der Waals surface area contributed by atoms with E-state index in [1.807, 2.05) is 77.7 Å². The van der Waals surface area contributed by atoms with Crippen LogP contribution in [0.4, 0.5) is 5.69 Å². The van der Waals surface area contributed by atoms with Gasteiger partial charge in [-0.1, -0.05) is 72.8 Å². The van der Waals surface area contributed by atoms with Crippen LogP contribution in [0, 0.1) is 0 Å². The lowest BCUT2D eigenvalue weighted by atomic mass is 9.99. The Morgan fingerprint density at radius 1 is 0.811 bits per heavy atom. The number of ether oxygens (including phenoxy) is 1. The summed E-state index contributed by atoms with van der Waals surface area (Å²) < 4.78 is 5.32. The van der Waals surface area contributed by atoms with Crippen molar-refractivity contribution in [2.45, 2.75) is 25.9 Å². The average molecular weight is 491 g/mol. The number of hydrogen-bond donors (Lipinski definition) is 0. The van der Waals surface area contributed by atoms with Crippen molar-refractivity contribution in [1.82, 2.24) is 4.90 Å². The summed E-state index contributed by atoms with van der Waals surface area (Å²) in [4.78, 5) is 30.3. The van der Waals surface area contributed by atoms with E-state index < -0.39 is 0 Å². The van der Waals surface area contributed by atoms with E-state index in [4.69, 9.17) is 4.74 Å². The predicted octanol–water partition coefficient (Wildman–Crippen LogP) is 5.67. The van der Waals surface area contributed by atoms with Crippen LogP contribution in [0.5, 0.6) is 5.75 Å². The molecule has 5 rings (SSSR count). The van der Waals surface area contributed by atoms with E-state index in [1.165, 1.54) is 11.1 Å². The Bertz CT molecular complexity index is 1380. The Hall–Kier alpha value is -4.38. The Morgan fingerprint density at radius 3 is 2.30 bits per heavy atom. The number of fused-ring (bicyclic) bond motifs is 1. The van der Waals surface area contributed by atoms with E-state index >= 15 is 0 Å². The fourth-order valence-corrected chi connectivity index (χ4v) is 4.75. The summed E-state index contributed by atoms with van der Waals surface area (Å²) in [6, 6.07) is 33.2. The first-order valence-electron chi connectivity index (χ1n) is 12.5. The number of methoxy groups -OCH3 is 1. The highest BCUT2D eigenvalue weighted by molar-refractivity contribution is 6.06. The summed E-state index contributed by atoms with van der Waals surface area (Å²) in [6.07, 6.45) is 1.23. The van der Waals surface area contributed by atoms with Gasteiger partial charge < -0.3 is 14.5 Å². The maximum absolute atomic E-state index is 13.6. The van der Waals surface area contributed by atoms with Crippen molar-refractivity contribution in [2.24, 2.45) is 0 Å². The van der Waals surface area contributed by atoms with Crippen LogP contribution in [0.3, 0.4) is 0 Å². The van der Waals surface area contributed by atoms with Gasteiger partial charge in [0.2, 0.25) is 5.91 Å². The molecule has 5 nitrogen and oxygen atoms in total. The van der Waals surface area contributed by atoms with E-state index in [9.17, 15) is 9.59 Å². The first kappa shape index (κ1) is 24.3. The van der Waals surface area contributed by atoms with Gasteiger partial charge >= 0.3 is 0 Å². The fourth-order valence-electron chi connectivity index (χ4n) is 4.75. The third-order valence-electron chi connectivity index (χ3n) is 6.83. The maximum atomic E-state index is 13.6. The number of carbonyl (C=O) groups excluding carboxylic acids is 2. The Balaban J connectivity index is 1.33. The number of carbonyl (C=O) groups is 2. The first-order chi connectivity index (χ1) is 18.1. The van der Waals surface area contributed by atoms with Crippen molar-refractivity contribution in [3.63, 3.8) is 0 Å². The van der Waals surface area contributed by atoms with E-state index in [1.54, 1.807) is 24.1 Å². The van der Waals surface area contributed by atoms with E-state index in [0.29, 0.717) is 30.8 Å². The van der Waals surface area contributed by atoms with Gasteiger partial charge in [0.15, 0.2) is 0 Å². The van der Waals surface area contributed by atoms with Crippen molar-refractivity contribution in [3.05, 3.63) is 131 Å². The van der Waals surface area contributed by atoms with Gasteiger partial charge in [0.25, 0.3) is 5.91 Å². The number of amides is 2. The molecule has 1 aliphatic heterocycles. The lowest BCUT2D eigenvalue weighted by molar-refractivity contribution is -0.131. The van der Waals surface area contributed by atoms with Crippen LogP contribution in [0.1, 0.15) is 32.6 Å². The molecule has 4 aromatic carbocycles. The third kappa shape index (κ3) is 5.72. The quantitative estimate of drug-likeness (QED) is 0.335. The van der Waals surface area contributed by atoms with Crippen LogP contribution in [0.15, 0.2) is 103 Å². The van der Waals surface area contributed by atoms with Crippen molar-refractivity contribution in [3.8, 4) is 5.75 Å². The molecule has 4 aromatic rings. The van der Waals surface area contributed by atoms with Crippen molar-refractivity contribution < 1.29 is 14.3 Å². The van der Waals surface area contributed by atoms with Crippen LogP contribution < -0.4 is 9.64 Å². The molecule has 0 saturated carbocycles. The molecule has 0 saturated heterocycles. The zero-order valence-corrected chi connectivity index (χ0v) is 21.0. The number of benzene rings is 4. The number of rotatable bonds is 7. The highest BCUT2D eigenvalue weighted by atomic mass is 16.5. The number of anilines is 1. The summed E-state index contributed by atoms with van der Waals surface area (Å²) in [5, 5.41) is 0. The molecular formula is C32H30N2O3. The topological polar surface area (TPSA) is 49.9 Å². The van der Waals surface area contributed by atoms with Crippen molar-refractivity contribution in [2.75, 3.05) is 18.6 Å². The van der Waals surface area contributed by atoms with Gasteiger partial charge in [0, 0.05) is 24.3 Å². The first-order valence-corrected chi connectivity index (χ1v) is 12.5. The van der Waals surface area contributed by atoms with E-state index in [-0.39, 0.29) is 11.8 Å². The molecule has 0 fully saturated rings. The summed E-state index contributed by atoms with van der Waals surface area (Å²) in [7, 11) is 1.59. The van der Waals surface area contributed by atoms with Gasteiger partial charge in [-0.3, -0.25) is 9.59 Å². The zero-order valence-electron chi connectivity index (χ0n) is 21.0. The molecule has 5 heteroatoms. The smallest absolute Gasteiger partial charge is 0.258 e. The zero-order chi connectivity index (χ0) is 25.6. The molecule has 0 radical (unpaired) electrons. The molecule has 0 aliphatic carbocycles. The molecule has 0 spiro atoms. The Labute approximate surface area is 217 Å². The predicted molar refractivity (Wildman–Crippen MR) is 146 cm³/mol. The summed E-state index contributed by atoms with van der Waals surface area (Å²) >= 11 is 0. The minimum atomic E-state index is -0.112. The lowest BCUT2D eigenvalue weighted by Gasteiger charge is -2.29. The van der Waals surface area contributed by atoms with Gasteiger partial charge in [0.05, 0.1) is 20.1 Å². The number of hydrogen-bond acceptors (Lipinski definition) is 3. The Kier molecular flexibility index (Phi) is 7.31. The Morgan fingerprint density at radius 2 is 1.54 bits per heavy atom. The van der Waals surface area contributed by atoms with Gasteiger partial charge in [0.1, 0.15) is 5.75 Å². The highest BCUT2D eigenvalue weighted by Gasteiger charge is 2.22. The van der Waals surface area contributed by atoms with Crippen LogP contribution in [-0.4, -0.2) is 30.4 Å². The fraction of sp³-hybridized carbons (Fsp3) is 0.188. The summed E-state index contributed by atoms with van der Waals surface area (Å²) in [5.41, 5.74) is 5.85. The van der Waals surface area contributed by atoms with Crippen LogP contribution in [0.25, 0.3) is 0 Å². The second kappa shape index (κ2) is 11.1. The molecule has 0 N–H and O–H groups in total. The van der Waals surface area contributed by atoms with Gasteiger partial charge in [-0.25, -0.2) is 0 Å². The molecule has 37 heavy (non-hydrogen) atoms. The molecule has 0 bridgehead atoms. The SMILES string of the molecule is COc1cccc(C(=O)N(Cc2ccccc2)c2ccc(CC(=O)N3CCc4ccccc4C3)cc2)c1. The van der Waals surface area contributed by atoms with E-state index in [0.717, 1.165) is 29.8 Å². The molecule has 1 heterocycles. The van der Waals surface area contributed by atoms with Gasteiger partial charge in [-0.15, -0.1) is 0 Å². The molecule has 0 aromatic heterocycles. The van der Waals surface area contributed by atoms with Gasteiger partial charge in [-0.05, 0) is 59.0 Å². The van der Waals surface area contributed by atoms with E-state index in [2.05, 4.69) is 18.2 Å².